The monoisotopic (exact) mass is 420 g/mol. The number of amides is 1. The molecule has 1 aromatic heterocycles. The van der Waals surface area contributed by atoms with Crippen LogP contribution in [-0.4, -0.2) is 16.6 Å². The highest BCUT2D eigenvalue weighted by atomic mass is 32.2. The third kappa shape index (κ3) is 3.54. The van der Waals surface area contributed by atoms with Crippen LogP contribution < -0.4 is 5.32 Å². The molecule has 1 aliphatic rings. The number of benzene rings is 3. The first-order valence-corrected chi connectivity index (χ1v) is 11.2. The number of fused-ring (bicyclic) bond motifs is 3. The van der Waals surface area contributed by atoms with Crippen molar-refractivity contribution in [2.75, 3.05) is 11.1 Å². The molecule has 0 saturated heterocycles. The minimum Gasteiger partial charge on any atom is -0.302 e. The predicted octanol–water partition coefficient (Wildman–Crippen LogP) is 6.59. The zero-order chi connectivity index (χ0) is 19.8. The molecule has 0 radical (unpaired) electrons. The summed E-state index contributed by atoms with van der Waals surface area (Å²) >= 11 is 3.16. The third-order valence-electron chi connectivity index (χ3n) is 4.91. The molecule has 1 aliphatic carbocycles. The van der Waals surface area contributed by atoms with Gasteiger partial charge in [-0.05, 0) is 47.2 Å². The van der Waals surface area contributed by atoms with E-state index in [-0.39, 0.29) is 11.7 Å². The number of nitrogens with zero attached hydrogens (tertiary/aromatic N) is 1. The highest BCUT2D eigenvalue weighted by Crippen LogP contribution is 2.50. The maximum absolute atomic E-state index is 12.9. The average Bonchev–Trinajstić information content (AvgIpc) is 3.26. The van der Waals surface area contributed by atoms with Crippen molar-refractivity contribution >= 4 is 44.9 Å². The van der Waals surface area contributed by atoms with Crippen LogP contribution in [0, 0.1) is 5.82 Å². The van der Waals surface area contributed by atoms with Gasteiger partial charge in [0.05, 0.1) is 10.6 Å². The maximum atomic E-state index is 12.9. The first kappa shape index (κ1) is 18.3. The first-order valence-electron chi connectivity index (χ1n) is 9.40. The van der Waals surface area contributed by atoms with Gasteiger partial charge in [0.1, 0.15) is 5.82 Å². The number of hydrogen-bond acceptors (Lipinski definition) is 4. The number of halogens is 1. The molecule has 3 nitrogen and oxygen atoms in total. The molecular weight excluding hydrogens is 403 g/mol. The Hall–Kier alpha value is -2.70. The van der Waals surface area contributed by atoms with E-state index in [9.17, 15) is 9.18 Å². The number of carbonyl (C=O) groups excluding carboxylic acids is 1. The molecule has 1 N–H and O–H groups in total. The Morgan fingerprint density at radius 2 is 1.79 bits per heavy atom. The van der Waals surface area contributed by atoms with Crippen LogP contribution in [0.1, 0.15) is 12.8 Å². The van der Waals surface area contributed by atoms with Crippen LogP contribution in [0.25, 0.3) is 32.5 Å². The van der Waals surface area contributed by atoms with E-state index in [1.165, 1.54) is 39.8 Å². The largest absolute Gasteiger partial charge is 0.302 e. The van der Waals surface area contributed by atoms with E-state index in [0.717, 1.165) is 33.2 Å². The van der Waals surface area contributed by atoms with Gasteiger partial charge in [0.15, 0.2) is 5.13 Å². The summed E-state index contributed by atoms with van der Waals surface area (Å²) in [7, 11) is 0. The number of rotatable bonds is 6. The second kappa shape index (κ2) is 7.61. The second-order valence-corrected chi connectivity index (χ2v) is 9.03. The lowest BCUT2D eigenvalue weighted by molar-refractivity contribution is -0.116. The normalized spacial score (nSPS) is 11.6. The van der Waals surface area contributed by atoms with Gasteiger partial charge in [0.2, 0.25) is 5.91 Å². The lowest BCUT2D eigenvalue weighted by Gasteiger charge is -2.04. The number of nitrogens with one attached hydrogen (secondary N) is 1. The maximum Gasteiger partial charge on any atom is 0.226 e. The number of hydrogen-bond donors (Lipinski definition) is 1. The topological polar surface area (TPSA) is 42.0 Å². The molecule has 5 rings (SSSR count). The van der Waals surface area contributed by atoms with Crippen molar-refractivity contribution in [3.8, 4) is 21.7 Å². The van der Waals surface area contributed by atoms with Gasteiger partial charge in [-0.3, -0.25) is 4.79 Å². The SMILES string of the molecule is O=C(CCCSc1ccc(F)cc1)Nc1nc2c(s1)-c1cccc3cccc-2c13. The number of thioether (sulfide) groups is 1. The number of carbonyl (C=O) groups is 1. The van der Waals surface area contributed by atoms with E-state index in [1.807, 2.05) is 6.07 Å². The Labute approximate surface area is 176 Å². The summed E-state index contributed by atoms with van der Waals surface area (Å²) in [6.45, 7) is 0. The van der Waals surface area contributed by atoms with Crippen LogP contribution in [0.15, 0.2) is 65.6 Å². The zero-order valence-electron chi connectivity index (χ0n) is 15.4. The van der Waals surface area contributed by atoms with Crippen molar-refractivity contribution in [2.24, 2.45) is 0 Å². The summed E-state index contributed by atoms with van der Waals surface area (Å²) in [6, 6.07) is 19.0. The fourth-order valence-electron chi connectivity index (χ4n) is 3.60. The van der Waals surface area contributed by atoms with E-state index < -0.39 is 0 Å². The Balaban J connectivity index is 1.21. The Kier molecular flexibility index (Phi) is 4.81. The summed E-state index contributed by atoms with van der Waals surface area (Å²) in [6.07, 6.45) is 1.19. The van der Waals surface area contributed by atoms with Crippen LogP contribution in [0.4, 0.5) is 9.52 Å². The van der Waals surface area contributed by atoms with Crippen molar-refractivity contribution in [1.82, 2.24) is 4.98 Å². The molecule has 144 valence electrons. The molecule has 0 bridgehead atoms. The number of aromatic nitrogens is 1. The van der Waals surface area contributed by atoms with E-state index in [2.05, 4.69) is 35.6 Å². The van der Waals surface area contributed by atoms with Crippen molar-refractivity contribution in [2.45, 2.75) is 17.7 Å². The van der Waals surface area contributed by atoms with Gasteiger partial charge in [-0.1, -0.05) is 47.7 Å². The summed E-state index contributed by atoms with van der Waals surface area (Å²) in [4.78, 5) is 19.2. The molecule has 0 fully saturated rings. The Morgan fingerprint density at radius 3 is 2.59 bits per heavy atom. The standard InChI is InChI=1S/C23H17FN2OS2/c24-15-9-11-16(12-10-15)28-13-3-8-19(27)25-23-26-21-17-6-1-4-14-5-2-7-18(20(14)17)22(21)29-23/h1-2,4-7,9-12H,3,8,13H2,(H,25,26,27). The van der Waals surface area contributed by atoms with Gasteiger partial charge in [-0.15, -0.1) is 11.8 Å². The molecule has 0 saturated carbocycles. The van der Waals surface area contributed by atoms with E-state index >= 15 is 0 Å². The number of thiazole rings is 1. The molecule has 6 heteroatoms. The average molecular weight is 421 g/mol. The molecule has 3 aromatic carbocycles. The minimum atomic E-state index is -0.233. The molecule has 0 aliphatic heterocycles. The van der Waals surface area contributed by atoms with Crippen molar-refractivity contribution in [3.63, 3.8) is 0 Å². The summed E-state index contributed by atoms with van der Waals surface area (Å²) in [5.74, 6) is 0.551. The van der Waals surface area contributed by atoms with Gasteiger partial charge < -0.3 is 5.32 Å². The lowest BCUT2D eigenvalue weighted by Crippen LogP contribution is -2.11. The molecule has 4 aromatic rings. The smallest absolute Gasteiger partial charge is 0.226 e. The molecule has 1 amide bonds. The Bertz CT molecular complexity index is 1160. The molecule has 1 heterocycles. The zero-order valence-corrected chi connectivity index (χ0v) is 17.1. The van der Waals surface area contributed by atoms with Gasteiger partial charge in [0.25, 0.3) is 0 Å². The highest BCUT2D eigenvalue weighted by Gasteiger charge is 2.25. The van der Waals surface area contributed by atoms with Crippen LogP contribution in [0.5, 0.6) is 0 Å². The molecule has 29 heavy (non-hydrogen) atoms. The molecule has 0 spiro atoms. The van der Waals surface area contributed by atoms with Crippen LogP contribution in [0.3, 0.4) is 0 Å². The van der Waals surface area contributed by atoms with Crippen molar-refractivity contribution < 1.29 is 9.18 Å². The fourth-order valence-corrected chi connectivity index (χ4v) is 5.48. The quantitative estimate of drug-likeness (QED) is 0.249. The van der Waals surface area contributed by atoms with E-state index in [0.29, 0.717) is 11.6 Å². The van der Waals surface area contributed by atoms with Crippen LogP contribution >= 0.6 is 23.1 Å². The molecular formula is C23H17FN2OS2. The molecule has 0 unspecified atom stereocenters. The lowest BCUT2D eigenvalue weighted by atomic mass is 10.0. The van der Waals surface area contributed by atoms with Crippen molar-refractivity contribution in [1.29, 1.82) is 0 Å². The van der Waals surface area contributed by atoms with Gasteiger partial charge in [-0.2, -0.15) is 0 Å². The van der Waals surface area contributed by atoms with E-state index in [1.54, 1.807) is 23.9 Å². The fraction of sp³-hybridized carbons (Fsp3) is 0.130. The van der Waals surface area contributed by atoms with Crippen molar-refractivity contribution in [3.05, 3.63) is 66.5 Å². The molecule has 0 atom stereocenters. The van der Waals surface area contributed by atoms with E-state index in [4.69, 9.17) is 4.98 Å². The van der Waals surface area contributed by atoms with Crippen LogP contribution in [0.2, 0.25) is 0 Å². The summed E-state index contributed by atoms with van der Waals surface area (Å²) < 4.78 is 12.9. The van der Waals surface area contributed by atoms with Gasteiger partial charge >= 0.3 is 0 Å². The first-order chi connectivity index (χ1) is 14.2. The number of anilines is 1. The summed E-state index contributed by atoms with van der Waals surface area (Å²) in [5.41, 5.74) is 3.30. The highest BCUT2D eigenvalue weighted by molar-refractivity contribution is 7.99. The predicted molar refractivity (Wildman–Crippen MR) is 119 cm³/mol. The minimum absolute atomic E-state index is 0.0244. The summed E-state index contributed by atoms with van der Waals surface area (Å²) in [5, 5.41) is 6.07. The third-order valence-corrected chi connectivity index (χ3v) is 7.01. The Morgan fingerprint density at radius 1 is 1.03 bits per heavy atom. The van der Waals surface area contributed by atoms with Crippen LogP contribution in [-0.2, 0) is 4.79 Å². The second-order valence-electron chi connectivity index (χ2n) is 6.86. The van der Waals surface area contributed by atoms with Gasteiger partial charge in [-0.25, -0.2) is 9.37 Å². The van der Waals surface area contributed by atoms with Gasteiger partial charge in [0, 0.05) is 22.4 Å².